The van der Waals surface area contributed by atoms with Gasteiger partial charge in [0, 0.05) is 30.7 Å². The van der Waals surface area contributed by atoms with Crippen LogP contribution >= 0.6 is 0 Å². The molecule has 0 saturated carbocycles. The smallest absolute Gasteiger partial charge is 0.331 e. The molecule has 1 rings (SSSR count). The number of hydrogen-bond acceptors (Lipinski definition) is 7. The standard InChI is InChI=1S/C16H25NO7/c1-4-23-12(18)5-6-13(19)24-11-16(2,3)14(20)15(21)17-7-9-22-10-8-17/h5-6,14,20H,4,7-11H2,1-3H3/b6-5+/t14-/m0/s1. The van der Waals surface area contributed by atoms with Gasteiger partial charge in [-0.1, -0.05) is 13.8 Å². The number of amides is 1. The van der Waals surface area contributed by atoms with Gasteiger partial charge in [0.1, 0.15) is 6.10 Å². The number of esters is 2. The van der Waals surface area contributed by atoms with E-state index in [-0.39, 0.29) is 13.2 Å². The van der Waals surface area contributed by atoms with Crippen molar-refractivity contribution in [2.24, 2.45) is 5.41 Å². The summed E-state index contributed by atoms with van der Waals surface area (Å²) >= 11 is 0. The Kier molecular flexibility index (Phi) is 7.87. The van der Waals surface area contributed by atoms with Crippen LogP contribution < -0.4 is 0 Å². The van der Waals surface area contributed by atoms with E-state index < -0.39 is 29.4 Å². The second-order valence-corrected chi connectivity index (χ2v) is 6.02. The first-order chi connectivity index (χ1) is 11.3. The molecule has 1 fully saturated rings. The summed E-state index contributed by atoms with van der Waals surface area (Å²) in [5, 5.41) is 10.3. The molecule has 0 unspecified atom stereocenters. The fraction of sp³-hybridized carbons (Fsp3) is 0.688. The van der Waals surface area contributed by atoms with Gasteiger partial charge < -0.3 is 24.2 Å². The summed E-state index contributed by atoms with van der Waals surface area (Å²) in [5.74, 6) is -1.81. The lowest BCUT2D eigenvalue weighted by atomic mass is 9.86. The Bertz CT molecular complexity index is 481. The third-order valence-corrected chi connectivity index (χ3v) is 3.53. The predicted octanol–water partition coefficient (Wildman–Crippen LogP) is -0.105. The predicted molar refractivity (Wildman–Crippen MR) is 83.9 cm³/mol. The topological polar surface area (TPSA) is 102 Å². The van der Waals surface area contributed by atoms with Gasteiger partial charge in [0.25, 0.3) is 5.91 Å². The molecule has 1 N–H and O–H groups in total. The van der Waals surface area contributed by atoms with Crippen LogP contribution in [-0.2, 0) is 28.6 Å². The summed E-state index contributed by atoms with van der Waals surface area (Å²) in [6.07, 6.45) is 0.607. The van der Waals surface area contributed by atoms with E-state index in [2.05, 4.69) is 4.74 Å². The van der Waals surface area contributed by atoms with Crippen molar-refractivity contribution in [1.82, 2.24) is 4.90 Å². The Balaban J connectivity index is 2.50. The van der Waals surface area contributed by atoms with Crippen molar-refractivity contribution < 1.29 is 33.7 Å². The molecule has 0 radical (unpaired) electrons. The Morgan fingerprint density at radius 2 is 1.71 bits per heavy atom. The highest BCUT2D eigenvalue weighted by Crippen LogP contribution is 2.23. The number of ether oxygens (including phenoxy) is 3. The van der Waals surface area contributed by atoms with Gasteiger partial charge in [-0.2, -0.15) is 0 Å². The number of nitrogens with zero attached hydrogens (tertiary/aromatic N) is 1. The van der Waals surface area contributed by atoms with E-state index in [1.165, 1.54) is 4.90 Å². The maximum absolute atomic E-state index is 12.3. The third kappa shape index (κ3) is 6.29. The molecule has 8 nitrogen and oxygen atoms in total. The zero-order valence-corrected chi connectivity index (χ0v) is 14.3. The minimum Gasteiger partial charge on any atom is -0.463 e. The first-order valence-corrected chi connectivity index (χ1v) is 7.84. The van der Waals surface area contributed by atoms with Crippen LogP contribution in [-0.4, -0.2) is 73.5 Å². The molecule has 0 aromatic rings. The highest BCUT2D eigenvalue weighted by atomic mass is 16.5. The fourth-order valence-corrected chi connectivity index (χ4v) is 2.00. The van der Waals surface area contributed by atoms with Gasteiger partial charge in [0.15, 0.2) is 0 Å². The molecule has 8 heteroatoms. The van der Waals surface area contributed by atoms with E-state index in [1.54, 1.807) is 20.8 Å². The zero-order valence-electron chi connectivity index (χ0n) is 14.3. The highest BCUT2D eigenvalue weighted by molar-refractivity contribution is 5.91. The van der Waals surface area contributed by atoms with Gasteiger partial charge in [-0.25, -0.2) is 9.59 Å². The number of morpholine rings is 1. The largest absolute Gasteiger partial charge is 0.463 e. The summed E-state index contributed by atoms with van der Waals surface area (Å²) in [4.78, 5) is 36.5. The summed E-state index contributed by atoms with van der Waals surface area (Å²) in [5.41, 5.74) is -0.969. The van der Waals surface area contributed by atoms with Crippen LogP contribution in [0.1, 0.15) is 20.8 Å². The quantitative estimate of drug-likeness (QED) is 0.508. The Labute approximate surface area is 141 Å². The number of carbonyl (C=O) groups excluding carboxylic acids is 3. The lowest BCUT2D eigenvalue weighted by Crippen LogP contribution is -2.51. The minimum absolute atomic E-state index is 0.170. The molecule has 1 atom stereocenters. The molecule has 1 aliphatic heterocycles. The number of carbonyl (C=O) groups is 3. The van der Waals surface area contributed by atoms with Crippen LogP contribution in [0.4, 0.5) is 0 Å². The molecule has 0 aromatic carbocycles. The van der Waals surface area contributed by atoms with Crippen molar-refractivity contribution in [3.63, 3.8) is 0 Å². The van der Waals surface area contributed by atoms with Gasteiger partial charge in [0.05, 0.1) is 26.4 Å². The summed E-state index contributed by atoms with van der Waals surface area (Å²) in [6.45, 7) is 6.66. The molecule has 136 valence electrons. The third-order valence-electron chi connectivity index (χ3n) is 3.53. The average molecular weight is 343 g/mol. The van der Waals surface area contributed by atoms with E-state index in [0.717, 1.165) is 12.2 Å². The molecular weight excluding hydrogens is 318 g/mol. The molecule has 0 aliphatic carbocycles. The summed E-state index contributed by atoms with van der Waals surface area (Å²) in [7, 11) is 0. The van der Waals surface area contributed by atoms with Gasteiger partial charge >= 0.3 is 11.9 Å². The van der Waals surface area contributed by atoms with Crippen LogP contribution in [0.2, 0.25) is 0 Å². The van der Waals surface area contributed by atoms with Gasteiger partial charge in [0.2, 0.25) is 0 Å². The molecule has 1 saturated heterocycles. The summed E-state index contributed by atoms with van der Waals surface area (Å²) in [6, 6.07) is 0. The van der Waals surface area contributed by atoms with Crippen LogP contribution in [0.15, 0.2) is 12.2 Å². The van der Waals surface area contributed by atoms with Crippen LogP contribution in [0.5, 0.6) is 0 Å². The molecule has 24 heavy (non-hydrogen) atoms. The van der Waals surface area contributed by atoms with Crippen molar-refractivity contribution in [3.05, 3.63) is 12.2 Å². The monoisotopic (exact) mass is 343 g/mol. The Hall–Kier alpha value is -1.93. The van der Waals surface area contributed by atoms with Crippen molar-refractivity contribution in [2.75, 3.05) is 39.5 Å². The zero-order chi connectivity index (χ0) is 18.2. The van der Waals surface area contributed by atoms with Crippen LogP contribution in [0, 0.1) is 5.41 Å². The molecular formula is C16H25NO7. The van der Waals surface area contributed by atoms with E-state index in [1.807, 2.05) is 0 Å². The second-order valence-electron chi connectivity index (χ2n) is 6.02. The molecule has 1 aliphatic rings. The number of aliphatic hydroxyl groups excluding tert-OH is 1. The lowest BCUT2D eigenvalue weighted by molar-refractivity contribution is -0.157. The Morgan fingerprint density at radius 1 is 1.17 bits per heavy atom. The molecule has 0 aromatic heterocycles. The van der Waals surface area contributed by atoms with E-state index in [4.69, 9.17) is 9.47 Å². The van der Waals surface area contributed by atoms with Gasteiger partial charge in [-0.05, 0) is 6.92 Å². The van der Waals surface area contributed by atoms with Crippen molar-refractivity contribution >= 4 is 17.8 Å². The van der Waals surface area contributed by atoms with Crippen LogP contribution in [0.3, 0.4) is 0 Å². The molecule has 1 heterocycles. The molecule has 0 spiro atoms. The Morgan fingerprint density at radius 3 is 2.25 bits per heavy atom. The first kappa shape index (κ1) is 20.1. The number of rotatable bonds is 7. The SMILES string of the molecule is CCOC(=O)/C=C/C(=O)OCC(C)(C)[C@@H](O)C(=O)N1CCOCC1. The van der Waals surface area contributed by atoms with E-state index >= 15 is 0 Å². The highest BCUT2D eigenvalue weighted by Gasteiger charge is 2.37. The van der Waals surface area contributed by atoms with Gasteiger partial charge in [-0.15, -0.1) is 0 Å². The van der Waals surface area contributed by atoms with E-state index in [9.17, 15) is 19.5 Å². The normalized spacial score (nSPS) is 16.8. The lowest BCUT2D eigenvalue weighted by Gasteiger charge is -2.34. The maximum Gasteiger partial charge on any atom is 0.331 e. The first-order valence-electron chi connectivity index (χ1n) is 7.84. The van der Waals surface area contributed by atoms with Gasteiger partial charge in [-0.3, -0.25) is 4.79 Å². The van der Waals surface area contributed by atoms with E-state index in [0.29, 0.717) is 26.3 Å². The number of aliphatic hydroxyl groups is 1. The maximum atomic E-state index is 12.3. The van der Waals surface area contributed by atoms with Crippen molar-refractivity contribution in [3.8, 4) is 0 Å². The summed E-state index contributed by atoms with van der Waals surface area (Å²) < 4.78 is 14.8. The minimum atomic E-state index is -1.31. The second kappa shape index (κ2) is 9.39. The molecule has 0 bridgehead atoms. The van der Waals surface area contributed by atoms with Crippen molar-refractivity contribution in [1.29, 1.82) is 0 Å². The van der Waals surface area contributed by atoms with Crippen molar-refractivity contribution in [2.45, 2.75) is 26.9 Å². The fourth-order valence-electron chi connectivity index (χ4n) is 2.00. The molecule has 1 amide bonds. The van der Waals surface area contributed by atoms with Crippen LogP contribution in [0.25, 0.3) is 0 Å². The number of hydrogen-bond donors (Lipinski definition) is 1. The average Bonchev–Trinajstić information content (AvgIpc) is 2.58.